The van der Waals surface area contributed by atoms with Gasteiger partial charge >= 0.3 is 0 Å². The predicted molar refractivity (Wildman–Crippen MR) is 101 cm³/mol. The van der Waals surface area contributed by atoms with E-state index in [9.17, 15) is 9.59 Å². The van der Waals surface area contributed by atoms with Gasteiger partial charge in [0, 0.05) is 31.4 Å². The summed E-state index contributed by atoms with van der Waals surface area (Å²) in [6.45, 7) is 5.47. The van der Waals surface area contributed by atoms with Crippen LogP contribution < -0.4 is 10.5 Å². The molecule has 27 heavy (non-hydrogen) atoms. The minimum Gasteiger partial charge on any atom is -0.484 e. The number of imidazole rings is 1. The summed E-state index contributed by atoms with van der Waals surface area (Å²) in [7, 11) is 0. The highest BCUT2D eigenvalue weighted by atomic mass is 16.5. The molecule has 7 nitrogen and oxygen atoms in total. The van der Waals surface area contributed by atoms with Gasteiger partial charge in [0.2, 0.25) is 5.91 Å². The molecule has 2 aromatic rings. The Morgan fingerprint density at radius 1 is 1.30 bits per heavy atom. The number of nitrogens with two attached hydrogens (primary N) is 1. The molecule has 1 aromatic carbocycles. The minimum atomic E-state index is -0.403. The number of carbonyl (C=O) groups excluding carboxylic acids is 2. The molecular weight excluding hydrogens is 344 g/mol. The number of rotatable bonds is 6. The molecule has 0 bridgehead atoms. The van der Waals surface area contributed by atoms with Crippen LogP contribution in [0, 0.1) is 13.8 Å². The van der Waals surface area contributed by atoms with Crippen LogP contribution in [0.1, 0.15) is 35.7 Å². The first-order chi connectivity index (χ1) is 12.9. The molecule has 0 aliphatic carbocycles. The van der Waals surface area contributed by atoms with Crippen LogP contribution in [0.25, 0.3) is 0 Å². The SMILES string of the molecule is Cc1ccc(OCC(=O)N2CCC[C@H](c3nccn3CC(N)=O)C2)cc1C. The Hall–Kier alpha value is -2.83. The molecule has 2 heterocycles. The van der Waals surface area contributed by atoms with Gasteiger partial charge in [0.05, 0.1) is 0 Å². The van der Waals surface area contributed by atoms with E-state index in [0.29, 0.717) is 18.8 Å². The van der Waals surface area contributed by atoms with E-state index in [1.165, 1.54) is 5.56 Å². The van der Waals surface area contributed by atoms with Gasteiger partial charge in [-0.25, -0.2) is 4.98 Å². The Morgan fingerprint density at radius 2 is 2.11 bits per heavy atom. The van der Waals surface area contributed by atoms with E-state index >= 15 is 0 Å². The van der Waals surface area contributed by atoms with Crippen LogP contribution in [0.2, 0.25) is 0 Å². The maximum Gasteiger partial charge on any atom is 0.260 e. The molecule has 3 rings (SSSR count). The van der Waals surface area contributed by atoms with Crippen LogP contribution in [0.4, 0.5) is 0 Å². The molecule has 2 amide bonds. The molecule has 1 aliphatic rings. The Labute approximate surface area is 159 Å². The number of benzene rings is 1. The number of aromatic nitrogens is 2. The second-order valence-corrected chi connectivity index (χ2v) is 7.09. The van der Waals surface area contributed by atoms with Crippen LogP contribution in [0.15, 0.2) is 30.6 Å². The van der Waals surface area contributed by atoms with Crippen molar-refractivity contribution >= 4 is 11.8 Å². The zero-order valence-corrected chi connectivity index (χ0v) is 15.9. The van der Waals surface area contributed by atoms with Crippen LogP contribution in [-0.4, -0.2) is 46.0 Å². The summed E-state index contributed by atoms with van der Waals surface area (Å²) >= 11 is 0. The van der Waals surface area contributed by atoms with Crippen molar-refractivity contribution in [3.63, 3.8) is 0 Å². The monoisotopic (exact) mass is 370 g/mol. The third-order valence-electron chi connectivity index (χ3n) is 5.05. The summed E-state index contributed by atoms with van der Waals surface area (Å²) < 4.78 is 7.46. The van der Waals surface area contributed by atoms with Gasteiger partial charge in [0.25, 0.3) is 5.91 Å². The van der Waals surface area contributed by atoms with Gasteiger partial charge in [-0.3, -0.25) is 9.59 Å². The Kier molecular flexibility index (Phi) is 5.78. The van der Waals surface area contributed by atoms with E-state index in [0.717, 1.165) is 24.2 Å². The molecule has 2 N–H and O–H groups in total. The molecule has 1 aromatic heterocycles. The molecule has 0 spiro atoms. The summed E-state index contributed by atoms with van der Waals surface area (Å²) in [5.41, 5.74) is 7.64. The van der Waals surface area contributed by atoms with Gasteiger partial charge < -0.3 is 19.9 Å². The molecule has 7 heteroatoms. The number of hydrogen-bond donors (Lipinski definition) is 1. The van der Waals surface area contributed by atoms with Gasteiger partial charge in [-0.05, 0) is 49.9 Å². The summed E-state index contributed by atoms with van der Waals surface area (Å²) in [6.07, 6.45) is 5.24. The van der Waals surface area contributed by atoms with Gasteiger partial charge in [-0.15, -0.1) is 0 Å². The van der Waals surface area contributed by atoms with E-state index in [2.05, 4.69) is 4.98 Å². The van der Waals surface area contributed by atoms with Crippen molar-refractivity contribution in [2.75, 3.05) is 19.7 Å². The third kappa shape index (κ3) is 4.67. The number of primary amides is 1. The topological polar surface area (TPSA) is 90.4 Å². The lowest BCUT2D eigenvalue weighted by Gasteiger charge is -2.32. The minimum absolute atomic E-state index is 0.0188. The molecule has 1 fully saturated rings. The van der Waals surface area contributed by atoms with Crippen LogP contribution in [-0.2, 0) is 16.1 Å². The average molecular weight is 370 g/mol. The zero-order chi connectivity index (χ0) is 19.4. The number of piperidine rings is 1. The molecule has 0 saturated carbocycles. The van der Waals surface area contributed by atoms with Crippen LogP contribution in [0.5, 0.6) is 5.75 Å². The van der Waals surface area contributed by atoms with Gasteiger partial charge in [0.15, 0.2) is 6.61 Å². The fourth-order valence-corrected chi connectivity index (χ4v) is 3.44. The van der Waals surface area contributed by atoms with Gasteiger partial charge in [0.1, 0.15) is 18.1 Å². The molecule has 144 valence electrons. The largest absolute Gasteiger partial charge is 0.484 e. The smallest absolute Gasteiger partial charge is 0.260 e. The summed E-state index contributed by atoms with van der Waals surface area (Å²) in [5.74, 6) is 1.17. The predicted octanol–water partition coefficient (Wildman–Crippen LogP) is 1.77. The second-order valence-electron chi connectivity index (χ2n) is 7.09. The van der Waals surface area contributed by atoms with E-state index in [4.69, 9.17) is 10.5 Å². The number of ether oxygens (including phenoxy) is 1. The highest BCUT2D eigenvalue weighted by Crippen LogP contribution is 2.26. The maximum atomic E-state index is 12.6. The van der Waals surface area contributed by atoms with E-state index in [1.807, 2.05) is 36.9 Å². The van der Waals surface area contributed by atoms with Gasteiger partial charge in [-0.2, -0.15) is 0 Å². The maximum absolute atomic E-state index is 12.6. The third-order valence-corrected chi connectivity index (χ3v) is 5.05. The van der Waals surface area contributed by atoms with Crippen molar-refractivity contribution in [2.45, 2.75) is 39.2 Å². The zero-order valence-electron chi connectivity index (χ0n) is 15.9. The van der Waals surface area contributed by atoms with E-state index < -0.39 is 5.91 Å². The first-order valence-corrected chi connectivity index (χ1v) is 9.21. The summed E-state index contributed by atoms with van der Waals surface area (Å²) in [4.78, 5) is 30.0. The molecular formula is C20H26N4O3. The molecule has 1 atom stereocenters. The van der Waals surface area contributed by atoms with E-state index in [-0.39, 0.29) is 25.0 Å². The Bertz CT molecular complexity index is 830. The molecule has 1 saturated heterocycles. The van der Waals surface area contributed by atoms with Crippen molar-refractivity contribution in [1.82, 2.24) is 14.5 Å². The lowest BCUT2D eigenvalue weighted by Crippen LogP contribution is -2.42. The number of hydrogen-bond acceptors (Lipinski definition) is 4. The lowest BCUT2D eigenvalue weighted by atomic mass is 9.97. The molecule has 1 aliphatic heterocycles. The first-order valence-electron chi connectivity index (χ1n) is 9.21. The van der Waals surface area contributed by atoms with Crippen molar-refractivity contribution in [1.29, 1.82) is 0 Å². The fraction of sp³-hybridized carbons (Fsp3) is 0.450. The number of amides is 2. The number of aryl methyl sites for hydroxylation is 2. The van der Waals surface area contributed by atoms with Crippen LogP contribution >= 0.6 is 0 Å². The van der Waals surface area contributed by atoms with Crippen molar-refractivity contribution in [3.8, 4) is 5.75 Å². The average Bonchev–Trinajstić information content (AvgIpc) is 3.10. The standard InChI is InChI=1S/C20H26N4O3/c1-14-5-6-17(10-15(14)2)27-13-19(26)23-8-3-4-16(11-23)20-22-7-9-24(20)12-18(21)25/h5-7,9-10,16H,3-4,8,11-13H2,1-2H3,(H2,21,25)/t16-/m0/s1. The number of likely N-dealkylation sites (tertiary alicyclic amines) is 1. The normalized spacial score (nSPS) is 17.0. The van der Waals surface area contributed by atoms with Crippen molar-refractivity contribution in [3.05, 3.63) is 47.5 Å². The fourth-order valence-electron chi connectivity index (χ4n) is 3.44. The van der Waals surface area contributed by atoms with Crippen molar-refractivity contribution < 1.29 is 14.3 Å². The molecule has 0 unspecified atom stereocenters. The summed E-state index contributed by atoms with van der Waals surface area (Å²) in [6, 6.07) is 5.82. The van der Waals surface area contributed by atoms with Gasteiger partial charge in [-0.1, -0.05) is 6.07 Å². The quantitative estimate of drug-likeness (QED) is 0.839. The second kappa shape index (κ2) is 8.24. The highest BCUT2D eigenvalue weighted by molar-refractivity contribution is 5.78. The van der Waals surface area contributed by atoms with E-state index in [1.54, 1.807) is 17.0 Å². The Morgan fingerprint density at radius 3 is 2.85 bits per heavy atom. The first kappa shape index (κ1) is 18.9. The lowest BCUT2D eigenvalue weighted by molar-refractivity contribution is -0.134. The van der Waals surface area contributed by atoms with Crippen LogP contribution in [0.3, 0.4) is 0 Å². The Balaban J connectivity index is 1.60. The highest BCUT2D eigenvalue weighted by Gasteiger charge is 2.27. The van der Waals surface area contributed by atoms with Crippen molar-refractivity contribution in [2.24, 2.45) is 5.73 Å². The molecule has 0 radical (unpaired) electrons. The number of carbonyl (C=O) groups is 2. The number of nitrogens with zero attached hydrogens (tertiary/aromatic N) is 3. The summed E-state index contributed by atoms with van der Waals surface area (Å²) in [5, 5.41) is 0.